The molecule has 0 saturated heterocycles. The molecule has 3 rings (SSSR count). The van der Waals surface area contributed by atoms with Crippen molar-refractivity contribution in [2.45, 2.75) is 6.54 Å². The fraction of sp³-hybridized carbons (Fsp3) is 0.0625. The van der Waals surface area contributed by atoms with E-state index in [1.807, 2.05) is 0 Å². The van der Waals surface area contributed by atoms with Crippen LogP contribution in [0.5, 0.6) is 0 Å². The number of nitrogens with zero attached hydrogens (tertiary/aromatic N) is 3. The molecule has 1 aromatic heterocycles. The number of aliphatic imine (C=N–C) groups is 1. The molecule has 6 N–H and O–H groups in total. The van der Waals surface area contributed by atoms with Crippen molar-refractivity contribution in [1.82, 2.24) is 9.97 Å². The molecule has 0 bridgehead atoms. The zero-order valence-corrected chi connectivity index (χ0v) is 13.3. The number of hydrogen-bond acceptors (Lipinski definition) is 4. The summed E-state index contributed by atoms with van der Waals surface area (Å²) in [5.74, 6) is -0.491. The van der Waals surface area contributed by atoms with Crippen molar-refractivity contribution in [1.29, 1.82) is 0 Å². The molecule has 0 fully saturated rings. The number of aromatic nitrogens is 2. The van der Waals surface area contributed by atoms with Crippen LogP contribution in [0.3, 0.4) is 0 Å². The lowest BCUT2D eigenvalue weighted by Crippen LogP contribution is -2.22. The van der Waals surface area contributed by atoms with Crippen LogP contribution in [0.25, 0.3) is 22.2 Å². The maximum atomic E-state index is 14.1. The molecular weight excluding hydrogens is 331 g/mol. The summed E-state index contributed by atoms with van der Waals surface area (Å²) in [6.45, 7) is 0.113. The van der Waals surface area contributed by atoms with E-state index in [0.717, 1.165) is 0 Å². The van der Waals surface area contributed by atoms with Crippen LogP contribution in [0, 0.1) is 5.82 Å². The van der Waals surface area contributed by atoms with Crippen LogP contribution in [0.15, 0.2) is 41.4 Å². The molecule has 0 atom stereocenters. The van der Waals surface area contributed by atoms with Crippen LogP contribution in [-0.2, 0) is 6.54 Å². The van der Waals surface area contributed by atoms with Gasteiger partial charge in [0.25, 0.3) is 5.95 Å². The first kappa shape index (κ1) is 16.1. The van der Waals surface area contributed by atoms with E-state index in [-0.39, 0.29) is 18.5 Å². The highest BCUT2D eigenvalue weighted by atomic mass is 35.5. The van der Waals surface area contributed by atoms with Crippen molar-refractivity contribution < 1.29 is 4.39 Å². The molecular formula is C16H14ClFN6. The molecule has 6 nitrogen and oxygen atoms in total. The van der Waals surface area contributed by atoms with Crippen LogP contribution in [-0.4, -0.2) is 15.9 Å². The maximum absolute atomic E-state index is 14.1. The summed E-state index contributed by atoms with van der Waals surface area (Å²) in [5, 5.41) is 1.18. The van der Waals surface area contributed by atoms with Crippen LogP contribution in [0.2, 0.25) is 5.02 Å². The number of nitrogens with two attached hydrogens (primary N) is 3. The highest BCUT2D eigenvalue weighted by Gasteiger charge is 2.12. The molecule has 1 heterocycles. The standard InChI is InChI=1S/C16H14ClFN6/c17-10-3-4-13-11(6-10)14(23-16(22-13)24-15(20)21)8-1-2-9(7-19)12(18)5-8/h1-6H,7,19H2,(H4,20,21,22,23,24). The maximum Gasteiger partial charge on any atom is 0.253 e. The number of hydrogen-bond donors (Lipinski definition) is 3. The van der Waals surface area contributed by atoms with E-state index >= 15 is 0 Å². The molecule has 24 heavy (non-hydrogen) atoms. The average molecular weight is 345 g/mol. The van der Waals surface area contributed by atoms with E-state index in [1.165, 1.54) is 6.07 Å². The van der Waals surface area contributed by atoms with Crippen molar-refractivity contribution >= 4 is 34.4 Å². The van der Waals surface area contributed by atoms with E-state index in [2.05, 4.69) is 15.0 Å². The number of rotatable bonds is 3. The van der Waals surface area contributed by atoms with Gasteiger partial charge in [0.1, 0.15) is 5.82 Å². The molecule has 0 unspecified atom stereocenters. The third-order valence-corrected chi connectivity index (χ3v) is 3.66. The summed E-state index contributed by atoms with van der Waals surface area (Å²) in [6, 6.07) is 9.83. The topological polar surface area (TPSA) is 116 Å². The number of fused-ring (bicyclic) bond motifs is 1. The van der Waals surface area contributed by atoms with Crippen LogP contribution in [0.1, 0.15) is 5.56 Å². The third kappa shape index (κ3) is 3.12. The Bertz CT molecular complexity index is 953. The first-order valence-electron chi connectivity index (χ1n) is 7.03. The Hall–Kier alpha value is -2.77. The Kier molecular flexibility index (Phi) is 4.28. The molecule has 0 amide bonds. The Morgan fingerprint density at radius 2 is 1.92 bits per heavy atom. The summed E-state index contributed by atoms with van der Waals surface area (Å²) in [4.78, 5) is 12.5. The smallest absolute Gasteiger partial charge is 0.253 e. The molecule has 2 aromatic carbocycles. The van der Waals surface area contributed by atoms with Gasteiger partial charge in [0.15, 0.2) is 5.96 Å². The fourth-order valence-electron chi connectivity index (χ4n) is 2.33. The van der Waals surface area contributed by atoms with E-state index in [0.29, 0.717) is 32.7 Å². The second kappa shape index (κ2) is 6.38. The predicted molar refractivity (Wildman–Crippen MR) is 93.3 cm³/mol. The number of halogens is 2. The molecule has 0 aliphatic rings. The Labute approximate surface area is 142 Å². The highest BCUT2D eigenvalue weighted by molar-refractivity contribution is 6.31. The van der Waals surface area contributed by atoms with Crippen LogP contribution in [0.4, 0.5) is 10.3 Å². The zero-order chi connectivity index (χ0) is 17.3. The molecule has 3 aromatic rings. The van der Waals surface area contributed by atoms with Gasteiger partial charge in [-0.05, 0) is 24.3 Å². The van der Waals surface area contributed by atoms with Gasteiger partial charge in [-0.3, -0.25) is 0 Å². The number of benzene rings is 2. The quantitative estimate of drug-likeness (QED) is 0.498. The minimum atomic E-state index is -0.410. The van der Waals surface area contributed by atoms with E-state index < -0.39 is 5.82 Å². The van der Waals surface area contributed by atoms with E-state index in [4.69, 9.17) is 28.8 Å². The molecule has 8 heteroatoms. The van der Waals surface area contributed by atoms with Crippen molar-refractivity contribution in [3.63, 3.8) is 0 Å². The Morgan fingerprint density at radius 3 is 2.58 bits per heavy atom. The lowest BCUT2D eigenvalue weighted by molar-refractivity contribution is 0.611. The summed E-state index contributed by atoms with van der Waals surface area (Å²) in [7, 11) is 0. The van der Waals surface area contributed by atoms with E-state index in [9.17, 15) is 4.39 Å². The normalized spacial score (nSPS) is 10.8. The molecule has 0 radical (unpaired) electrons. The lowest BCUT2D eigenvalue weighted by Gasteiger charge is -2.09. The molecule has 122 valence electrons. The van der Waals surface area contributed by atoms with Crippen molar-refractivity contribution in [3.8, 4) is 11.3 Å². The summed E-state index contributed by atoms with van der Waals surface area (Å²) >= 11 is 6.07. The van der Waals surface area contributed by atoms with E-state index in [1.54, 1.807) is 30.3 Å². The SMILES string of the molecule is NCc1ccc(-c2nc(N=C(N)N)nc3ccc(Cl)cc23)cc1F. The van der Waals surface area contributed by atoms with Crippen molar-refractivity contribution in [2.24, 2.45) is 22.2 Å². The lowest BCUT2D eigenvalue weighted by atomic mass is 10.0. The summed E-state index contributed by atoms with van der Waals surface area (Å²) < 4.78 is 14.1. The van der Waals surface area contributed by atoms with Gasteiger partial charge in [-0.1, -0.05) is 23.7 Å². The van der Waals surface area contributed by atoms with Crippen LogP contribution >= 0.6 is 11.6 Å². The Balaban J connectivity index is 2.29. The average Bonchev–Trinajstić information content (AvgIpc) is 2.54. The second-order valence-corrected chi connectivity index (χ2v) is 5.52. The van der Waals surface area contributed by atoms with Gasteiger partial charge in [-0.2, -0.15) is 4.99 Å². The van der Waals surface area contributed by atoms with Crippen molar-refractivity contribution in [3.05, 3.63) is 52.8 Å². The second-order valence-electron chi connectivity index (χ2n) is 5.08. The fourth-order valence-corrected chi connectivity index (χ4v) is 2.51. The van der Waals surface area contributed by atoms with Gasteiger partial charge in [-0.25, -0.2) is 14.4 Å². The first-order valence-corrected chi connectivity index (χ1v) is 7.41. The minimum absolute atomic E-state index is 0.0862. The highest BCUT2D eigenvalue weighted by Crippen LogP contribution is 2.30. The number of guanidine groups is 1. The monoisotopic (exact) mass is 344 g/mol. The summed E-state index contributed by atoms with van der Waals surface area (Å²) in [6.07, 6.45) is 0. The van der Waals surface area contributed by atoms with Gasteiger partial charge in [0, 0.05) is 28.1 Å². The Morgan fingerprint density at radius 1 is 1.12 bits per heavy atom. The van der Waals surface area contributed by atoms with Gasteiger partial charge >= 0.3 is 0 Å². The van der Waals surface area contributed by atoms with Gasteiger partial charge in [0.05, 0.1) is 11.2 Å². The molecule has 0 saturated carbocycles. The van der Waals surface area contributed by atoms with Gasteiger partial charge < -0.3 is 17.2 Å². The molecule has 0 spiro atoms. The predicted octanol–water partition coefficient (Wildman–Crippen LogP) is 2.45. The van der Waals surface area contributed by atoms with Crippen LogP contribution < -0.4 is 17.2 Å². The third-order valence-electron chi connectivity index (χ3n) is 3.42. The molecule has 0 aliphatic heterocycles. The zero-order valence-electron chi connectivity index (χ0n) is 12.5. The van der Waals surface area contributed by atoms with Crippen molar-refractivity contribution in [2.75, 3.05) is 0 Å². The molecule has 0 aliphatic carbocycles. The van der Waals surface area contributed by atoms with Gasteiger partial charge in [0.2, 0.25) is 0 Å². The summed E-state index contributed by atoms with van der Waals surface area (Å²) in [5.41, 5.74) is 18.3. The van der Waals surface area contributed by atoms with Gasteiger partial charge in [-0.15, -0.1) is 0 Å². The first-order chi connectivity index (χ1) is 11.5. The largest absolute Gasteiger partial charge is 0.370 e. The minimum Gasteiger partial charge on any atom is -0.370 e.